The smallest absolute Gasteiger partial charge is 0.372 e. The standard InChI is InChI=1S/C5H11NO2.C5H6O5/c6-4-2-1-3-5(7)8;6-3(5(9)10)1-2-4(7)8/h1-4,6H2,(H,7,8);1-2H2,(H,7,8)(H,9,10). The van der Waals surface area contributed by atoms with Crippen molar-refractivity contribution in [3.05, 3.63) is 0 Å². The summed E-state index contributed by atoms with van der Waals surface area (Å²) in [6, 6.07) is 0. The second-order valence-electron chi connectivity index (χ2n) is 3.26. The van der Waals surface area contributed by atoms with Crippen molar-refractivity contribution in [3.8, 4) is 0 Å². The molecule has 0 atom stereocenters. The maximum absolute atomic E-state index is 10.2. The van der Waals surface area contributed by atoms with E-state index in [-0.39, 0.29) is 6.42 Å². The lowest BCUT2D eigenvalue weighted by atomic mass is 10.2. The summed E-state index contributed by atoms with van der Waals surface area (Å²) in [5.41, 5.74) is 5.12. The second kappa shape index (κ2) is 11.5. The predicted molar refractivity (Wildman–Crippen MR) is 60.1 cm³/mol. The Balaban J connectivity index is 0. The third-order valence-corrected chi connectivity index (χ3v) is 1.65. The minimum atomic E-state index is -1.58. The molecule has 0 heterocycles. The average molecular weight is 263 g/mol. The quantitative estimate of drug-likeness (QED) is 0.343. The molecule has 5 N–H and O–H groups in total. The summed E-state index contributed by atoms with van der Waals surface area (Å²) in [4.78, 5) is 39.6. The van der Waals surface area contributed by atoms with Gasteiger partial charge in [0.05, 0.1) is 6.42 Å². The van der Waals surface area contributed by atoms with Gasteiger partial charge in [-0.1, -0.05) is 0 Å². The molecular weight excluding hydrogens is 246 g/mol. The van der Waals surface area contributed by atoms with Gasteiger partial charge in [0.25, 0.3) is 0 Å². The molecule has 18 heavy (non-hydrogen) atoms. The summed E-state index contributed by atoms with van der Waals surface area (Å²) < 4.78 is 0. The summed E-state index contributed by atoms with van der Waals surface area (Å²) in [6.07, 6.45) is 0.894. The highest BCUT2D eigenvalue weighted by Crippen LogP contribution is 1.91. The molecule has 0 aromatic rings. The van der Waals surface area contributed by atoms with E-state index in [4.69, 9.17) is 21.1 Å². The Morgan fingerprint density at radius 2 is 1.28 bits per heavy atom. The molecule has 8 heteroatoms. The average Bonchev–Trinajstić information content (AvgIpc) is 2.26. The van der Waals surface area contributed by atoms with Gasteiger partial charge in [-0.15, -0.1) is 0 Å². The monoisotopic (exact) mass is 263 g/mol. The highest BCUT2D eigenvalue weighted by atomic mass is 16.4. The molecule has 0 saturated carbocycles. The maximum atomic E-state index is 10.2. The van der Waals surface area contributed by atoms with Crippen molar-refractivity contribution in [2.24, 2.45) is 5.73 Å². The Morgan fingerprint density at radius 3 is 1.61 bits per heavy atom. The van der Waals surface area contributed by atoms with Crippen molar-refractivity contribution >= 4 is 23.7 Å². The zero-order chi connectivity index (χ0) is 14.6. The molecule has 0 rings (SSSR count). The van der Waals surface area contributed by atoms with Crippen LogP contribution >= 0.6 is 0 Å². The Morgan fingerprint density at radius 1 is 0.778 bits per heavy atom. The van der Waals surface area contributed by atoms with Gasteiger partial charge in [-0.25, -0.2) is 4.79 Å². The third kappa shape index (κ3) is 16.5. The number of carbonyl (C=O) groups is 4. The van der Waals surface area contributed by atoms with Crippen LogP contribution in [0.3, 0.4) is 0 Å². The van der Waals surface area contributed by atoms with E-state index in [0.29, 0.717) is 13.0 Å². The molecule has 0 saturated heterocycles. The van der Waals surface area contributed by atoms with Crippen LogP contribution in [0.2, 0.25) is 0 Å². The first-order valence-corrected chi connectivity index (χ1v) is 5.21. The van der Waals surface area contributed by atoms with Crippen molar-refractivity contribution in [2.75, 3.05) is 6.54 Å². The van der Waals surface area contributed by atoms with Crippen LogP contribution in [-0.4, -0.2) is 45.6 Å². The topological polar surface area (TPSA) is 155 Å². The molecule has 0 unspecified atom stereocenters. The highest BCUT2D eigenvalue weighted by molar-refractivity contribution is 6.32. The van der Waals surface area contributed by atoms with Gasteiger partial charge < -0.3 is 21.1 Å². The fourth-order valence-corrected chi connectivity index (χ4v) is 0.748. The van der Waals surface area contributed by atoms with Gasteiger partial charge in [-0.2, -0.15) is 0 Å². The van der Waals surface area contributed by atoms with Gasteiger partial charge in [0.1, 0.15) is 0 Å². The van der Waals surface area contributed by atoms with Gasteiger partial charge in [-0.3, -0.25) is 14.4 Å². The minimum Gasteiger partial charge on any atom is -0.481 e. The van der Waals surface area contributed by atoms with Gasteiger partial charge >= 0.3 is 17.9 Å². The minimum absolute atomic E-state index is 0.247. The van der Waals surface area contributed by atoms with Crippen LogP contribution in [0.5, 0.6) is 0 Å². The van der Waals surface area contributed by atoms with E-state index in [1.54, 1.807) is 0 Å². The number of ketones is 1. The molecule has 0 fully saturated rings. The number of carbonyl (C=O) groups excluding carboxylic acids is 1. The van der Waals surface area contributed by atoms with E-state index in [1.165, 1.54) is 0 Å². The Bertz CT molecular complexity index is 301. The Labute approximate surface area is 103 Å². The fraction of sp³-hybridized carbons (Fsp3) is 0.600. The number of unbranched alkanes of at least 4 members (excludes halogenated alkanes) is 1. The highest BCUT2D eigenvalue weighted by Gasteiger charge is 2.12. The summed E-state index contributed by atoms with van der Waals surface area (Å²) in [7, 11) is 0. The molecule has 0 spiro atoms. The van der Waals surface area contributed by atoms with E-state index < -0.39 is 36.5 Å². The van der Waals surface area contributed by atoms with Crippen LogP contribution < -0.4 is 5.73 Å². The SMILES string of the molecule is NCCCCC(=O)O.O=C(O)CCC(=O)C(=O)O. The van der Waals surface area contributed by atoms with E-state index >= 15 is 0 Å². The van der Waals surface area contributed by atoms with Crippen molar-refractivity contribution in [1.29, 1.82) is 0 Å². The maximum Gasteiger partial charge on any atom is 0.372 e. The number of Topliss-reactive ketones (excluding diaryl/α,β-unsaturated/α-hetero) is 1. The molecule has 0 bridgehead atoms. The zero-order valence-electron chi connectivity index (χ0n) is 9.79. The lowest BCUT2D eigenvalue weighted by Gasteiger charge is -1.90. The van der Waals surface area contributed by atoms with Crippen LogP contribution in [0.25, 0.3) is 0 Å². The molecular formula is C10H17NO7. The number of nitrogens with two attached hydrogens (primary N) is 1. The van der Waals surface area contributed by atoms with Crippen LogP contribution in [0.15, 0.2) is 0 Å². The van der Waals surface area contributed by atoms with Crippen LogP contribution in [0, 0.1) is 0 Å². The number of hydrogen-bond donors (Lipinski definition) is 4. The molecule has 0 radical (unpaired) electrons. The molecule has 0 amide bonds. The molecule has 0 aliphatic carbocycles. The van der Waals surface area contributed by atoms with Gasteiger partial charge in [0, 0.05) is 12.8 Å². The van der Waals surface area contributed by atoms with Crippen LogP contribution in [-0.2, 0) is 19.2 Å². The first-order valence-electron chi connectivity index (χ1n) is 5.21. The van der Waals surface area contributed by atoms with Gasteiger partial charge in [0.2, 0.25) is 5.78 Å². The second-order valence-corrected chi connectivity index (χ2v) is 3.26. The number of aliphatic carboxylic acids is 3. The normalized spacial score (nSPS) is 8.94. The van der Waals surface area contributed by atoms with Crippen molar-refractivity contribution < 1.29 is 34.5 Å². The van der Waals surface area contributed by atoms with Gasteiger partial charge in [-0.05, 0) is 19.4 Å². The van der Waals surface area contributed by atoms with Crippen LogP contribution in [0.1, 0.15) is 32.1 Å². The van der Waals surface area contributed by atoms with Crippen molar-refractivity contribution in [1.82, 2.24) is 0 Å². The summed E-state index contributed by atoms with van der Waals surface area (Å²) in [5, 5.41) is 24.1. The van der Waals surface area contributed by atoms with Crippen LogP contribution in [0.4, 0.5) is 0 Å². The summed E-state index contributed by atoms with van der Waals surface area (Å²) >= 11 is 0. The van der Waals surface area contributed by atoms with E-state index in [0.717, 1.165) is 6.42 Å². The number of carboxylic acids is 3. The number of carboxylic acid groups (broad SMARTS) is 3. The largest absolute Gasteiger partial charge is 0.481 e. The lowest BCUT2D eigenvalue weighted by molar-refractivity contribution is -0.149. The summed E-state index contributed by atoms with van der Waals surface area (Å²) in [6.45, 7) is 0.591. The zero-order valence-corrected chi connectivity index (χ0v) is 9.79. The third-order valence-electron chi connectivity index (χ3n) is 1.65. The fourth-order valence-electron chi connectivity index (χ4n) is 0.748. The van der Waals surface area contributed by atoms with Gasteiger partial charge in [0.15, 0.2) is 0 Å². The first-order chi connectivity index (χ1) is 8.31. The molecule has 0 aliphatic rings. The molecule has 0 aromatic carbocycles. The Kier molecular flexibility index (Phi) is 11.8. The molecule has 0 aromatic heterocycles. The van der Waals surface area contributed by atoms with Crippen molar-refractivity contribution in [2.45, 2.75) is 32.1 Å². The Hall–Kier alpha value is -1.96. The van der Waals surface area contributed by atoms with E-state index in [9.17, 15) is 19.2 Å². The predicted octanol–water partition coefficient (Wildman–Crippen LogP) is -0.295. The number of hydrogen-bond acceptors (Lipinski definition) is 5. The molecule has 0 aliphatic heterocycles. The summed E-state index contributed by atoms with van der Waals surface area (Å²) in [5.74, 6) is -4.56. The number of rotatable bonds is 8. The molecule has 104 valence electrons. The molecule has 8 nitrogen and oxygen atoms in total. The lowest BCUT2D eigenvalue weighted by Crippen LogP contribution is -2.13. The first kappa shape index (κ1) is 18.4. The van der Waals surface area contributed by atoms with E-state index in [1.807, 2.05) is 0 Å². The van der Waals surface area contributed by atoms with Crippen molar-refractivity contribution in [3.63, 3.8) is 0 Å². The van der Waals surface area contributed by atoms with E-state index in [2.05, 4.69) is 0 Å².